The van der Waals surface area contributed by atoms with E-state index in [1.165, 1.54) is 37.4 Å². The Labute approximate surface area is 113 Å². The van der Waals surface area contributed by atoms with Crippen LogP contribution in [0.1, 0.15) is 10.4 Å². The molecule has 5 nitrogen and oxygen atoms in total. The number of ether oxygens (including phenoxy) is 1. The highest BCUT2D eigenvalue weighted by atomic mass is 19.1. The number of methoxy groups -OCH3 is 1. The number of carbonyl (C=O) groups is 1. The van der Waals surface area contributed by atoms with Crippen molar-refractivity contribution in [2.75, 3.05) is 7.11 Å². The van der Waals surface area contributed by atoms with E-state index in [-0.39, 0.29) is 16.8 Å². The molecule has 0 spiro atoms. The Bertz CT molecular complexity index is 685. The van der Waals surface area contributed by atoms with Gasteiger partial charge in [0.05, 0.1) is 23.2 Å². The largest absolute Gasteiger partial charge is 0.465 e. The topological polar surface area (TPSA) is 69.4 Å². The van der Waals surface area contributed by atoms with E-state index in [9.17, 15) is 19.3 Å². The molecule has 2 rings (SSSR count). The van der Waals surface area contributed by atoms with E-state index in [4.69, 9.17) is 0 Å². The zero-order valence-electron chi connectivity index (χ0n) is 10.5. The minimum Gasteiger partial charge on any atom is -0.465 e. The first-order valence-corrected chi connectivity index (χ1v) is 5.65. The van der Waals surface area contributed by atoms with Gasteiger partial charge in [0.2, 0.25) is 0 Å². The molecule has 0 bridgehead atoms. The summed E-state index contributed by atoms with van der Waals surface area (Å²) < 4.78 is 17.7. The molecule has 0 fully saturated rings. The van der Waals surface area contributed by atoms with Gasteiger partial charge in [0.25, 0.3) is 5.69 Å². The van der Waals surface area contributed by atoms with Crippen LogP contribution in [-0.2, 0) is 4.74 Å². The smallest absolute Gasteiger partial charge is 0.338 e. The van der Waals surface area contributed by atoms with Gasteiger partial charge in [-0.25, -0.2) is 9.18 Å². The Hall–Kier alpha value is -2.76. The molecule has 0 N–H and O–H groups in total. The molecule has 2 aromatic carbocycles. The van der Waals surface area contributed by atoms with Crippen LogP contribution in [0.3, 0.4) is 0 Å². The number of nitro groups is 1. The average Bonchev–Trinajstić information content (AvgIpc) is 2.45. The molecule has 102 valence electrons. The van der Waals surface area contributed by atoms with Gasteiger partial charge in [-0.15, -0.1) is 0 Å². The van der Waals surface area contributed by atoms with Gasteiger partial charge in [-0.05, 0) is 29.8 Å². The standard InChI is InChI=1S/C14H10FNO4/c1-20-14(17)10-5-6-12(13(8-10)16(18)19)9-3-2-4-11(15)7-9/h2-8H,1H3. The molecule has 6 heteroatoms. The lowest BCUT2D eigenvalue weighted by Gasteiger charge is -2.05. The summed E-state index contributed by atoms with van der Waals surface area (Å²) in [6.07, 6.45) is 0. The van der Waals surface area contributed by atoms with Gasteiger partial charge >= 0.3 is 5.97 Å². The average molecular weight is 275 g/mol. The lowest BCUT2D eigenvalue weighted by atomic mass is 10.0. The number of halogens is 1. The van der Waals surface area contributed by atoms with Gasteiger partial charge in [0.15, 0.2) is 0 Å². The Kier molecular flexibility index (Phi) is 3.74. The third-order valence-corrected chi connectivity index (χ3v) is 2.75. The van der Waals surface area contributed by atoms with Crippen molar-refractivity contribution < 1.29 is 18.8 Å². The molecule has 0 radical (unpaired) electrons. The van der Waals surface area contributed by atoms with Gasteiger partial charge in [-0.3, -0.25) is 10.1 Å². The quantitative estimate of drug-likeness (QED) is 0.490. The Balaban J connectivity index is 2.59. The molecule has 0 heterocycles. The fourth-order valence-corrected chi connectivity index (χ4v) is 1.83. The van der Waals surface area contributed by atoms with E-state index in [1.807, 2.05) is 0 Å². The SMILES string of the molecule is COC(=O)c1ccc(-c2cccc(F)c2)c([N+](=O)[O-])c1. The van der Waals surface area contributed by atoms with Gasteiger partial charge in [-0.2, -0.15) is 0 Å². The number of rotatable bonds is 3. The number of hydrogen-bond donors (Lipinski definition) is 0. The summed E-state index contributed by atoms with van der Waals surface area (Å²) in [5, 5.41) is 11.1. The second kappa shape index (κ2) is 5.48. The van der Waals surface area contributed by atoms with Gasteiger partial charge in [0, 0.05) is 6.07 Å². The molecular weight excluding hydrogens is 265 g/mol. The highest BCUT2D eigenvalue weighted by molar-refractivity contribution is 5.92. The van der Waals surface area contributed by atoms with E-state index in [0.717, 1.165) is 6.07 Å². The number of hydrogen-bond acceptors (Lipinski definition) is 4. The van der Waals surface area contributed by atoms with Crippen LogP contribution >= 0.6 is 0 Å². The maximum atomic E-state index is 13.2. The lowest BCUT2D eigenvalue weighted by molar-refractivity contribution is -0.384. The first-order chi connectivity index (χ1) is 9.52. The summed E-state index contributed by atoms with van der Waals surface area (Å²) in [4.78, 5) is 21.9. The number of benzene rings is 2. The minimum atomic E-state index is -0.668. The molecule has 0 aliphatic heterocycles. The molecule has 0 atom stereocenters. The normalized spacial score (nSPS) is 10.1. The molecule has 0 saturated carbocycles. The highest BCUT2D eigenvalue weighted by Gasteiger charge is 2.19. The van der Waals surface area contributed by atoms with Crippen molar-refractivity contribution in [3.05, 3.63) is 64.0 Å². The van der Waals surface area contributed by atoms with E-state index >= 15 is 0 Å². The molecule has 0 aliphatic rings. The predicted molar refractivity (Wildman–Crippen MR) is 69.8 cm³/mol. The summed E-state index contributed by atoms with van der Waals surface area (Å²) in [6, 6.07) is 9.38. The zero-order valence-corrected chi connectivity index (χ0v) is 10.5. The minimum absolute atomic E-state index is 0.0688. The number of nitro benzene ring substituents is 1. The molecule has 20 heavy (non-hydrogen) atoms. The molecule has 0 aromatic heterocycles. The first-order valence-electron chi connectivity index (χ1n) is 5.65. The zero-order chi connectivity index (χ0) is 14.7. The van der Waals surface area contributed by atoms with Crippen molar-refractivity contribution in [2.45, 2.75) is 0 Å². The van der Waals surface area contributed by atoms with Crippen molar-refractivity contribution in [1.29, 1.82) is 0 Å². The maximum Gasteiger partial charge on any atom is 0.338 e. The van der Waals surface area contributed by atoms with Crippen molar-refractivity contribution in [2.24, 2.45) is 0 Å². The summed E-state index contributed by atoms with van der Waals surface area (Å²) in [5.41, 5.74) is 0.396. The predicted octanol–water partition coefficient (Wildman–Crippen LogP) is 3.19. The second-order valence-corrected chi connectivity index (χ2v) is 3.99. The summed E-state index contributed by atoms with van der Waals surface area (Å²) in [6.45, 7) is 0. The Morgan fingerprint density at radius 1 is 1.25 bits per heavy atom. The fraction of sp³-hybridized carbons (Fsp3) is 0.0714. The van der Waals surface area contributed by atoms with Crippen LogP contribution in [0.2, 0.25) is 0 Å². The molecule has 0 unspecified atom stereocenters. The van der Waals surface area contributed by atoms with Gasteiger partial charge < -0.3 is 4.74 Å². The van der Waals surface area contributed by atoms with Crippen molar-refractivity contribution in [3.8, 4) is 11.1 Å². The molecule has 2 aromatic rings. The van der Waals surface area contributed by atoms with Gasteiger partial charge in [-0.1, -0.05) is 12.1 Å². The summed E-state index contributed by atoms with van der Waals surface area (Å²) in [7, 11) is 1.19. The van der Waals surface area contributed by atoms with Crippen LogP contribution in [-0.4, -0.2) is 18.0 Å². The van der Waals surface area contributed by atoms with Crippen LogP contribution in [0, 0.1) is 15.9 Å². The molecular formula is C14H10FNO4. The van der Waals surface area contributed by atoms with Crippen LogP contribution < -0.4 is 0 Å². The Morgan fingerprint density at radius 3 is 2.60 bits per heavy atom. The molecule has 0 amide bonds. The van der Waals surface area contributed by atoms with E-state index in [0.29, 0.717) is 5.56 Å². The van der Waals surface area contributed by atoms with Crippen molar-refractivity contribution in [1.82, 2.24) is 0 Å². The third-order valence-electron chi connectivity index (χ3n) is 2.75. The second-order valence-electron chi connectivity index (χ2n) is 3.99. The summed E-state index contributed by atoms with van der Waals surface area (Å²) in [5.74, 6) is -1.16. The molecule has 0 aliphatic carbocycles. The van der Waals surface area contributed by atoms with Crippen LogP contribution in [0.15, 0.2) is 42.5 Å². The highest BCUT2D eigenvalue weighted by Crippen LogP contribution is 2.31. The summed E-state index contributed by atoms with van der Waals surface area (Å²) >= 11 is 0. The van der Waals surface area contributed by atoms with E-state index in [1.54, 1.807) is 6.07 Å². The first kappa shape index (κ1) is 13.7. The van der Waals surface area contributed by atoms with E-state index < -0.39 is 16.7 Å². The van der Waals surface area contributed by atoms with Gasteiger partial charge in [0.1, 0.15) is 5.82 Å². The fourth-order valence-electron chi connectivity index (χ4n) is 1.83. The number of carbonyl (C=O) groups excluding carboxylic acids is 1. The number of esters is 1. The maximum absolute atomic E-state index is 13.2. The van der Waals surface area contributed by atoms with E-state index in [2.05, 4.69) is 4.74 Å². The van der Waals surface area contributed by atoms with Crippen LogP contribution in [0.4, 0.5) is 10.1 Å². The van der Waals surface area contributed by atoms with Crippen molar-refractivity contribution >= 4 is 11.7 Å². The monoisotopic (exact) mass is 275 g/mol. The third kappa shape index (κ3) is 2.64. The van der Waals surface area contributed by atoms with Crippen molar-refractivity contribution in [3.63, 3.8) is 0 Å². The van der Waals surface area contributed by atoms with Crippen LogP contribution in [0.5, 0.6) is 0 Å². The van der Waals surface area contributed by atoms with Crippen LogP contribution in [0.25, 0.3) is 11.1 Å². The Morgan fingerprint density at radius 2 is 2.00 bits per heavy atom. The molecule has 0 saturated heterocycles. The lowest BCUT2D eigenvalue weighted by Crippen LogP contribution is -2.03. The number of nitrogens with zero attached hydrogens (tertiary/aromatic N) is 1.